The van der Waals surface area contributed by atoms with Gasteiger partial charge in [0.1, 0.15) is 0 Å². The van der Waals surface area contributed by atoms with Crippen LogP contribution in [0.5, 0.6) is 0 Å². The van der Waals surface area contributed by atoms with Gasteiger partial charge in [-0.2, -0.15) is 0 Å². The van der Waals surface area contributed by atoms with E-state index >= 15 is 0 Å². The van der Waals surface area contributed by atoms with Crippen LogP contribution in [0, 0.1) is 0 Å². The van der Waals surface area contributed by atoms with E-state index in [0.717, 1.165) is 32.1 Å². The maximum Gasteiger partial charge on any atom is 0.303 e. The second-order valence-electron chi connectivity index (χ2n) is 5.47. The van der Waals surface area contributed by atoms with Gasteiger partial charge in [0.25, 0.3) is 0 Å². The molecule has 0 aromatic carbocycles. The van der Waals surface area contributed by atoms with Crippen LogP contribution < -0.4 is 0 Å². The number of aliphatic carboxylic acids is 2. The van der Waals surface area contributed by atoms with E-state index < -0.39 is 11.9 Å². The molecule has 0 heterocycles. The Hall–Kier alpha value is -1.06. The van der Waals surface area contributed by atoms with Crippen molar-refractivity contribution in [2.24, 2.45) is 0 Å². The van der Waals surface area contributed by atoms with E-state index in [1.54, 1.807) is 0 Å². The summed E-state index contributed by atoms with van der Waals surface area (Å²) in [6.45, 7) is 4.31. The number of rotatable bonds is 13. The highest BCUT2D eigenvalue weighted by molar-refractivity contribution is 5.66. The topological polar surface area (TPSA) is 74.6 Å². The van der Waals surface area contributed by atoms with Gasteiger partial charge < -0.3 is 10.2 Å². The Labute approximate surface area is 129 Å². The van der Waals surface area contributed by atoms with E-state index in [1.165, 1.54) is 38.5 Å². The smallest absolute Gasteiger partial charge is 0.303 e. The minimum absolute atomic E-state index is 0.333. The van der Waals surface area contributed by atoms with Gasteiger partial charge in [0.15, 0.2) is 0 Å². The van der Waals surface area contributed by atoms with Crippen molar-refractivity contribution < 1.29 is 19.8 Å². The van der Waals surface area contributed by atoms with Gasteiger partial charge in [0.05, 0.1) is 0 Å². The van der Waals surface area contributed by atoms with Gasteiger partial charge in [-0.15, -0.1) is 0 Å². The average Bonchev–Trinajstić information content (AvgIpc) is 2.43. The Morgan fingerprint density at radius 2 is 0.857 bits per heavy atom. The summed E-state index contributed by atoms with van der Waals surface area (Å²) < 4.78 is 0. The van der Waals surface area contributed by atoms with Crippen LogP contribution in [0.15, 0.2) is 0 Å². The molecule has 0 saturated carbocycles. The molecule has 0 atom stereocenters. The van der Waals surface area contributed by atoms with Crippen molar-refractivity contribution in [1.82, 2.24) is 0 Å². The predicted molar refractivity (Wildman–Crippen MR) is 86.6 cm³/mol. The van der Waals surface area contributed by atoms with Crippen molar-refractivity contribution in [3.63, 3.8) is 0 Å². The molecule has 0 saturated heterocycles. The molecule has 0 aliphatic rings. The number of carboxylic acids is 2. The Kier molecular flexibility index (Phi) is 20.0. The zero-order valence-corrected chi connectivity index (χ0v) is 13.9. The van der Waals surface area contributed by atoms with Crippen molar-refractivity contribution in [2.45, 2.75) is 97.3 Å². The van der Waals surface area contributed by atoms with Crippen molar-refractivity contribution in [3.8, 4) is 0 Å². The molecule has 0 aliphatic carbocycles. The lowest BCUT2D eigenvalue weighted by atomic mass is 10.1. The molecule has 0 fully saturated rings. The molecule has 0 rings (SSSR count). The minimum Gasteiger partial charge on any atom is -0.481 e. The molecular formula is C17H34O4. The quantitative estimate of drug-likeness (QED) is 0.455. The molecule has 21 heavy (non-hydrogen) atoms. The van der Waals surface area contributed by atoms with Gasteiger partial charge in [0.2, 0.25) is 0 Å². The summed E-state index contributed by atoms with van der Waals surface area (Å²) in [5, 5.41) is 16.6. The number of carbonyl (C=O) groups is 2. The molecule has 126 valence electrons. The number of carboxylic acid groups (broad SMARTS) is 2. The molecule has 4 nitrogen and oxygen atoms in total. The summed E-state index contributed by atoms with van der Waals surface area (Å²) in [5.74, 6) is -1.34. The molecule has 0 unspecified atom stereocenters. The largest absolute Gasteiger partial charge is 0.481 e. The highest BCUT2D eigenvalue weighted by atomic mass is 16.4. The first-order valence-corrected chi connectivity index (χ1v) is 8.48. The van der Waals surface area contributed by atoms with Crippen LogP contribution in [0.2, 0.25) is 0 Å². The summed E-state index contributed by atoms with van der Waals surface area (Å²) in [6.07, 6.45) is 13.2. The van der Waals surface area contributed by atoms with E-state index in [2.05, 4.69) is 13.8 Å². The maximum absolute atomic E-state index is 10.1. The van der Waals surface area contributed by atoms with Crippen LogP contribution in [0.25, 0.3) is 0 Å². The van der Waals surface area contributed by atoms with Gasteiger partial charge in [-0.3, -0.25) is 9.59 Å². The summed E-state index contributed by atoms with van der Waals surface area (Å²) in [5.41, 5.74) is 0. The van der Waals surface area contributed by atoms with Gasteiger partial charge in [-0.25, -0.2) is 0 Å². The SMILES string of the molecule is CCCCCCC(=O)O.CCCCCCCCCC(=O)O. The molecule has 0 aromatic heterocycles. The van der Waals surface area contributed by atoms with Crippen LogP contribution in [0.4, 0.5) is 0 Å². The second kappa shape index (κ2) is 18.9. The summed E-state index contributed by atoms with van der Waals surface area (Å²) in [7, 11) is 0. The fraction of sp³-hybridized carbons (Fsp3) is 0.882. The van der Waals surface area contributed by atoms with Gasteiger partial charge in [-0.05, 0) is 12.8 Å². The number of hydrogen-bond donors (Lipinski definition) is 2. The van der Waals surface area contributed by atoms with E-state index in [-0.39, 0.29) is 0 Å². The van der Waals surface area contributed by atoms with Crippen LogP contribution >= 0.6 is 0 Å². The zero-order chi connectivity index (χ0) is 16.3. The Balaban J connectivity index is 0. The number of hydrogen-bond acceptors (Lipinski definition) is 2. The molecule has 2 N–H and O–H groups in total. The third-order valence-corrected chi connectivity index (χ3v) is 3.24. The monoisotopic (exact) mass is 302 g/mol. The molecule has 0 aliphatic heterocycles. The lowest BCUT2D eigenvalue weighted by molar-refractivity contribution is -0.138. The van der Waals surface area contributed by atoms with E-state index in [1.807, 2.05) is 0 Å². The molecule has 0 aromatic rings. The van der Waals surface area contributed by atoms with E-state index in [4.69, 9.17) is 10.2 Å². The first-order chi connectivity index (χ1) is 10.0. The molecule has 0 spiro atoms. The maximum atomic E-state index is 10.1. The van der Waals surface area contributed by atoms with Crippen LogP contribution in [-0.4, -0.2) is 22.2 Å². The number of unbranched alkanes of at least 4 members (excludes halogenated alkanes) is 9. The highest BCUT2D eigenvalue weighted by Crippen LogP contribution is 2.07. The fourth-order valence-corrected chi connectivity index (χ4v) is 1.94. The van der Waals surface area contributed by atoms with Gasteiger partial charge in [-0.1, -0.05) is 71.6 Å². The fourth-order valence-electron chi connectivity index (χ4n) is 1.94. The van der Waals surface area contributed by atoms with Crippen molar-refractivity contribution >= 4 is 11.9 Å². The third-order valence-electron chi connectivity index (χ3n) is 3.24. The van der Waals surface area contributed by atoms with Gasteiger partial charge >= 0.3 is 11.9 Å². The molecule has 0 radical (unpaired) electrons. The molecular weight excluding hydrogens is 268 g/mol. The second-order valence-corrected chi connectivity index (χ2v) is 5.47. The Morgan fingerprint density at radius 1 is 0.571 bits per heavy atom. The predicted octanol–water partition coefficient (Wildman–Crippen LogP) is 5.25. The van der Waals surface area contributed by atoms with Crippen molar-refractivity contribution in [3.05, 3.63) is 0 Å². The minimum atomic E-state index is -0.675. The first kappa shape index (κ1) is 22.2. The summed E-state index contributed by atoms with van der Waals surface area (Å²) >= 11 is 0. The van der Waals surface area contributed by atoms with Gasteiger partial charge in [0, 0.05) is 12.8 Å². The first-order valence-electron chi connectivity index (χ1n) is 8.48. The van der Waals surface area contributed by atoms with Crippen molar-refractivity contribution in [2.75, 3.05) is 0 Å². The molecule has 0 bridgehead atoms. The third kappa shape index (κ3) is 28.0. The van der Waals surface area contributed by atoms with Crippen molar-refractivity contribution in [1.29, 1.82) is 0 Å². The summed E-state index contributed by atoms with van der Waals surface area (Å²) in [6, 6.07) is 0. The van der Waals surface area contributed by atoms with Crippen LogP contribution in [0.1, 0.15) is 97.3 Å². The molecule has 0 amide bonds. The lowest BCUT2D eigenvalue weighted by Crippen LogP contribution is -1.93. The van der Waals surface area contributed by atoms with E-state index in [9.17, 15) is 9.59 Å². The van der Waals surface area contributed by atoms with Crippen LogP contribution in [-0.2, 0) is 9.59 Å². The Morgan fingerprint density at radius 3 is 1.19 bits per heavy atom. The Bertz CT molecular complexity index is 239. The lowest BCUT2D eigenvalue weighted by Gasteiger charge is -1.98. The highest BCUT2D eigenvalue weighted by Gasteiger charge is 1.95. The molecule has 4 heteroatoms. The van der Waals surface area contributed by atoms with E-state index in [0.29, 0.717) is 12.8 Å². The standard InChI is InChI=1S/C10H20O2.C7H14O2/c1-2-3-4-5-6-7-8-9-10(11)12;1-2-3-4-5-6-7(8)9/h2-9H2,1H3,(H,11,12);2-6H2,1H3,(H,8,9). The summed E-state index contributed by atoms with van der Waals surface area (Å²) in [4.78, 5) is 20.1. The normalized spacial score (nSPS) is 9.81. The average molecular weight is 302 g/mol. The van der Waals surface area contributed by atoms with Crippen LogP contribution in [0.3, 0.4) is 0 Å². The zero-order valence-electron chi connectivity index (χ0n) is 13.9.